The fourth-order valence-electron chi connectivity index (χ4n) is 4.69. The number of aromatic nitrogens is 2. The van der Waals surface area contributed by atoms with E-state index in [1.807, 2.05) is 11.8 Å². The Morgan fingerprint density at radius 1 is 0.914 bits per heavy atom. The predicted octanol–water partition coefficient (Wildman–Crippen LogP) is 3.11. The Kier molecular flexibility index (Phi) is 6.17. The predicted molar refractivity (Wildman–Crippen MR) is 132 cm³/mol. The van der Waals surface area contributed by atoms with Crippen molar-refractivity contribution in [3.8, 4) is 0 Å². The molecular formula is C23H25ClN4O5S2. The molecule has 3 heterocycles. The summed E-state index contributed by atoms with van der Waals surface area (Å²) in [4.78, 5) is 2.13. The summed E-state index contributed by atoms with van der Waals surface area (Å²) < 4.78 is 61.6. The number of rotatable bonds is 5. The minimum atomic E-state index is -4.00. The van der Waals surface area contributed by atoms with Gasteiger partial charge in [0.25, 0.3) is 10.0 Å². The van der Waals surface area contributed by atoms with Crippen molar-refractivity contribution in [3.05, 3.63) is 64.3 Å². The maximum absolute atomic E-state index is 13.5. The molecule has 0 radical (unpaired) electrons. The lowest BCUT2D eigenvalue weighted by Crippen LogP contribution is -2.41. The number of anilines is 2. The highest BCUT2D eigenvalue weighted by molar-refractivity contribution is 7.90. The van der Waals surface area contributed by atoms with Gasteiger partial charge in [-0.1, -0.05) is 17.7 Å². The molecule has 5 rings (SSSR count). The fraction of sp³-hybridized carbons (Fsp3) is 0.348. The summed E-state index contributed by atoms with van der Waals surface area (Å²) in [5.41, 5.74) is 2.86. The van der Waals surface area contributed by atoms with E-state index in [4.69, 9.17) is 16.3 Å². The van der Waals surface area contributed by atoms with E-state index in [1.165, 1.54) is 28.6 Å². The molecule has 0 amide bonds. The van der Waals surface area contributed by atoms with Crippen molar-refractivity contribution in [1.82, 2.24) is 13.5 Å². The standard InChI is InChI=1S/C23H25ClN4O5S2/c1-16-3-8-21(35(31,32)26-11-13-33-14-12-26)17(2)22(16)27-10-9-18-15-25-28(23(18)27)34(29,30)20-6-4-19(24)5-7-20/h3-8,15H,9-14H2,1-2H3. The molecule has 2 aliphatic heterocycles. The third-order valence-corrected chi connectivity index (χ3v) is 10.3. The molecule has 0 N–H and O–H groups in total. The maximum atomic E-state index is 13.5. The van der Waals surface area contributed by atoms with E-state index in [0.717, 1.165) is 15.2 Å². The highest BCUT2D eigenvalue weighted by Crippen LogP contribution is 2.41. The Morgan fingerprint density at radius 2 is 1.60 bits per heavy atom. The molecule has 1 aromatic heterocycles. The lowest BCUT2D eigenvalue weighted by atomic mass is 10.1. The van der Waals surface area contributed by atoms with E-state index in [-0.39, 0.29) is 9.79 Å². The van der Waals surface area contributed by atoms with Crippen molar-refractivity contribution in [2.75, 3.05) is 37.7 Å². The van der Waals surface area contributed by atoms with Crippen LogP contribution in [0.1, 0.15) is 16.7 Å². The van der Waals surface area contributed by atoms with Crippen LogP contribution in [-0.2, 0) is 31.2 Å². The van der Waals surface area contributed by atoms with Gasteiger partial charge in [-0.2, -0.15) is 17.8 Å². The van der Waals surface area contributed by atoms with Gasteiger partial charge in [-0.15, -0.1) is 4.09 Å². The van der Waals surface area contributed by atoms with E-state index in [9.17, 15) is 16.8 Å². The molecule has 35 heavy (non-hydrogen) atoms. The van der Waals surface area contributed by atoms with Gasteiger partial charge in [0.05, 0.1) is 29.2 Å². The Bertz CT molecular complexity index is 1500. The summed E-state index contributed by atoms with van der Waals surface area (Å²) in [6.07, 6.45) is 2.15. The van der Waals surface area contributed by atoms with Gasteiger partial charge in [-0.3, -0.25) is 0 Å². The van der Waals surface area contributed by atoms with Crippen LogP contribution in [0, 0.1) is 13.8 Å². The summed E-state index contributed by atoms with van der Waals surface area (Å²) in [7, 11) is -7.73. The fourth-order valence-corrected chi connectivity index (χ4v) is 7.74. The number of hydrogen-bond acceptors (Lipinski definition) is 7. The van der Waals surface area contributed by atoms with Crippen molar-refractivity contribution < 1.29 is 21.6 Å². The zero-order valence-electron chi connectivity index (χ0n) is 19.3. The molecule has 3 aromatic rings. The molecule has 0 aliphatic carbocycles. The van der Waals surface area contributed by atoms with Crippen LogP contribution in [0.3, 0.4) is 0 Å². The number of hydrogen-bond donors (Lipinski definition) is 0. The largest absolute Gasteiger partial charge is 0.379 e. The number of aryl methyl sites for hydroxylation is 1. The van der Waals surface area contributed by atoms with Crippen LogP contribution in [0.5, 0.6) is 0 Å². The molecule has 0 spiro atoms. The molecule has 1 saturated heterocycles. The number of nitrogens with zero attached hydrogens (tertiary/aromatic N) is 4. The van der Waals surface area contributed by atoms with Crippen molar-refractivity contribution in [2.24, 2.45) is 0 Å². The molecular weight excluding hydrogens is 512 g/mol. The summed E-state index contributed by atoms with van der Waals surface area (Å²) in [5, 5.41) is 4.63. The van der Waals surface area contributed by atoms with E-state index < -0.39 is 20.0 Å². The molecule has 1 fully saturated rings. The number of fused-ring (bicyclic) bond motifs is 1. The zero-order chi connectivity index (χ0) is 25.0. The topological polar surface area (TPSA) is 102 Å². The molecule has 9 nitrogen and oxygen atoms in total. The first kappa shape index (κ1) is 24.3. The molecule has 2 aromatic carbocycles. The second-order valence-electron chi connectivity index (χ2n) is 8.57. The van der Waals surface area contributed by atoms with Gasteiger partial charge in [0.15, 0.2) is 5.82 Å². The number of ether oxygens (including phenoxy) is 1. The summed E-state index contributed by atoms with van der Waals surface area (Å²) in [6, 6.07) is 9.31. The normalized spacial score (nSPS) is 17.1. The number of benzene rings is 2. The van der Waals surface area contributed by atoms with Crippen molar-refractivity contribution >= 4 is 43.2 Å². The van der Waals surface area contributed by atoms with E-state index >= 15 is 0 Å². The minimum absolute atomic E-state index is 0.0664. The van der Waals surface area contributed by atoms with Crippen LogP contribution >= 0.6 is 11.6 Å². The SMILES string of the molecule is Cc1ccc(S(=O)(=O)N2CCOCC2)c(C)c1N1CCc2cnn(S(=O)(=O)c3ccc(Cl)cc3)c21. The molecule has 0 atom stereocenters. The molecule has 0 saturated carbocycles. The van der Waals surface area contributed by atoms with Crippen LogP contribution in [0.4, 0.5) is 11.5 Å². The number of morpholine rings is 1. The first-order valence-corrected chi connectivity index (χ1v) is 14.4. The third kappa shape index (κ3) is 4.05. The van der Waals surface area contributed by atoms with Gasteiger partial charge in [-0.05, 0) is 61.7 Å². The maximum Gasteiger partial charge on any atom is 0.284 e. The molecule has 0 bridgehead atoms. The lowest BCUT2D eigenvalue weighted by molar-refractivity contribution is 0.0730. The van der Waals surface area contributed by atoms with E-state index in [1.54, 1.807) is 25.3 Å². The third-order valence-electron chi connectivity index (χ3n) is 6.43. The van der Waals surface area contributed by atoms with Gasteiger partial charge in [0.1, 0.15) is 0 Å². The van der Waals surface area contributed by atoms with Crippen molar-refractivity contribution in [2.45, 2.75) is 30.1 Å². The van der Waals surface area contributed by atoms with E-state index in [0.29, 0.717) is 61.4 Å². The van der Waals surface area contributed by atoms with Gasteiger partial charge in [-0.25, -0.2) is 8.42 Å². The van der Waals surface area contributed by atoms with Gasteiger partial charge >= 0.3 is 0 Å². The first-order chi connectivity index (χ1) is 16.6. The molecule has 2 aliphatic rings. The Morgan fingerprint density at radius 3 is 2.29 bits per heavy atom. The van der Waals surface area contributed by atoms with Crippen LogP contribution in [0.25, 0.3) is 0 Å². The van der Waals surface area contributed by atoms with Crippen LogP contribution in [0.2, 0.25) is 5.02 Å². The summed E-state index contributed by atoms with van der Waals surface area (Å²) in [5.74, 6) is 0.423. The number of sulfonamides is 1. The average molecular weight is 537 g/mol. The first-order valence-electron chi connectivity index (χ1n) is 11.2. The van der Waals surface area contributed by atoms with Gasteiger partial charge < -0.3 is 9.64 Å². The van der Waals surface area contributed by atoms with Crippen LogP contribution in [-0.4, -0.2) is 63.2 Å². The summed E-state index contributed by atoms with van der Waals surface area (Å²) >= 11 is 5.94. The zero-order valence-corrected chi connectivity index (χ0v) is 21.7. The van der Waals surface area contributed by atoms with Gasteiger partial charge in [0.2, 0.25) is 10.0 Å². The Hall–Kier alpha value is -2.44. The average Bonchev–Trinajstić information content (AvgIpc) is 3.43. The molecule has 0 unspecified atom stereocenters. The Balaban J connectivity index is 1.61. The Labute approximate surface area is 210 Å². The smallest absolute Gasteiger partial charge is 0.284 e. The molecule has 12 heteroatoms. The van der Waals surface area contributed by atoms with E-state index in [2.05, 4.69) is 5.10 Å². The second kappa shape index (κ2) is 8.90. The monoisotopic (exact) mass is 536 g/mol. The highest BCUT2D eigenvalue weighted by atomic mass is 35.5. The van der Waals surface area contributed by atoms with Crippen LogP contribution in [0.15, 0.2) is 52.4 Å². The second-order valence-corrected chi connectivity index (χ2v) is 12.7. The quantitative estimate of drug-likeness (QED) is 0.493. The van der Waals surface area contributed by atoms with Crippen molar-refractivity contribution in [1.29, 1.82) is 0 Å². The van der Waals surface area contributed by atoms with Crippen LogP contribution < -0.4 is 4.90 Å². The van der Waals surface area contributed by atoms with Crippen molar-refractivity contribution in [3.63, 3.8) is 0 Å². The lowest BCUT2D eigenvalue weighted by Gasteiger charge is -2.29. The minimum Gasteiger partial charge on any atom is -0.379 e. The highest BCUT2D eigenvalue weighted by Gasteiger charge is 2.35. The number of halogens is 1. The van der Waals surface area contributed by atoms with Gasteiger partial charge in [0, 0.05) is 35.9 Å². The summed E-state index contributed by atoms with van der Waals surface area (Å²) in [6.45, 7) is 5.46. The molecule has 186 valence electrons.